The zero-order valence-corrected chi connectivity index (χ0v) is 11.0. The molecule has 17 heavy (non-hydrogen) atoms. The summed E-state index contributed by atoms with van der Waals surface area (Å²) in [6, 6.07) is 3.32. The highest BCUT2D eigenvalue weighted by molar-refractivity contribution is 9.10. The number of nitrogens with zero attached hydrogens (tertiary/aromatic N) is 2. The van der Waals surface area contributed by atoms with Gasteiger partial charge < -0.3 is 5.32 Å². The molecule has 0 radical (unpaired) electrons. The van der Waals surface area contributed by atoms with Crippen molar-refractivity contribution in [3.8, 4) is 0 Å². The zero-order valence-electron chi connectivity index (χ0n) is 8.59. The third-order valence-corrected chi connectivity index (χ3v) is 3.26. The van der Waals surface area contributed by atoms with Gasteiger partial charge in [-0.15, -0.1) is 11.3 Å². The van der Waals surface area contributed by atoms with E-state index in [1.165, 1.54) is 12.4 Å². The first-order valence-electron chi connectivity index (χ1n) is 4.71. The van der Waals surface area contributed by atoms with Crippen LogP contribution in [-0.4, -0.2) is 15.6 Å². The minimum atomic E-state index is -0.600. The molecule has 5 nitrogen and oxygen atoms in total. The summed E-state index contributed by atoms with van der Waals surface area (Å²) in [6.45, 7) is 0.398. The van der Waals surface area contributed by atoms with Crippen LogP contribution in [0.3, 0.4) is 0 Å². The van der Waals surface area contributed by atoms with Crippen molar-refractivity contribution in [1.29, 1.82) is 0 Å². The predicted molar refractivity (Wildman–Crippen MR) is 68.1 cm³/mol. The minimum absolute atomic E-state index is 0.398. The zero-order chi connectivity index (χ0) is 12.3. The van der Waals surface area contributed by atoms with Crippen molar-refractivity contribution in [2.45, 2.75) is 6.54 Å². The number of thiophene rings is 1. The van der Waals surface area contributed by atoms with Crippen LogP contribution >= 0.6 is 27.3 Å². The quantitative estimate of drug-likeness (QED) is 0.920. The van der Waals surface area contributed by atoms with Crippen LogP contribution < -0.4 is 11.0 Å². The first kappa shape index (κ1) is 12.0. The summed E-state index contributed by atoms with van der Waals surface area (Å²) in [6.07, 6.45) is 2.74. The molecule has 0 unspecified atom stereocenters. The summed E-state index contributed by atoms with van der Waals surface area (Å²) in [5, 5.41) is 4.57. The number of hydrogen-bond acceptors (Lipinski definition) is 4. The van der Waals surface area contributed by atoms with Gasteiger partial charge in [0, 0.05) is 17.3 Å². The Morgan fingerprint density at radius 1 is 1.59 bits per heavy atom. The predicted octanol–water partition coefficient (Wildman–Crippen LogP) is 1.83. The highest BCUT2D eigenvalue weighted by Gasteiger charge is 2.07. The number of rotatable bonds is 2. The van der Waals surface area contributed by atoms with Crippen molar-refractivity contribution in [2.24, 2.45) is 0 Å². The first-order chi connectivity index (χ1) is 8.16. The maximum absolute atomic E-state index is 11.7. The molecular weight excluding hydrogens is 306 g/mol. The Balaban J connectivity index is 2.09. The van der Waals surface area contributed by atoms with Crippen molar-refractivity contribution in [3.63, 3.8) is 0 Å². The molecule has 0 bridgehead atoms. The van der Waals surface area contributed by atoms with Gasteiger partial charge in [0.25, 0.3) is 0 Å². The van der Waals surface area contributed by atoms with Gasteiger partial charge in [0.1, 0.15) is 0 Å². The maximum Gasteiger partial charge on any atom is 0.355 e. The molecule has 2 heterocycles. The van der Waals surface area contributed by atoms with Gasteiger partial charge in [-0.3, -0.25) is 0 Å². The van der Waals surface area contributed by atoms with Crippen LogP contribution in [0.5, 0.6) is 0 Å². The van der Waals surface area contributed by atoms with Crippen molar-refractivity contribution in [1.82, 2.24) is 14.9 Å². The number of aromatic nitrogens is 2. The number of carbonyl (C=O) groups is 1. The van der Waals surface area contributed by atoms with Crippen molar-refractivity contribution in [2.75, 3.05) is 0 Å². The van der Waals surface area contributed by atoms with E-state index in [0.29, 0.717) is 11.0 Å². The highest BCUT2D eigenvalue weighted by Crippen LogP contribution is 2.07. The van der Waals surface area contributed by atoms with Gasteiger partial charge in [0.2, 0.25) is 0 Å². The van der Waals surface area contributed by atoms with Crippen LogP contribution in [0.2, 0.25) is 0 Å². The van der Waals surface area contributed by atoms with E-state index in [1.54, 1.807) is 11.3 Å². The number of hydrogen-bond donors (Lipinski definition) is 1. The Kier molecular flexibility index (Phi) is 3.70. The molecule has 0 fully saturated rings. The molecule has 0 aliphatic rings. The smallest absolute Gasteiger partial charge is 0.332 e. The van der Waals surface area contributed by atoms with Gasteiger partial charge in [-0.1, -0.05) is 6.07 Å². The van der Waals surface area contributed by atoms with Gasteiger partial charge in [-0.25, -0.2) is 14.2 Å². The lowest BCUT2D eigenvalue weighted by atomic mass is 10.5. The Hall–Kier alpha value is -1.47. The molecular formula is C10H8BrN3O2S. The number of nitrogens with one attached hydrogen (secondary N) is 1. The van der Waals surface area contributed by atoms with Gasteiger partial charge >= 0.3 is 11.7 Å². The van der Waals surface area contributed by atoms with Crippen molar-refractivity contribution >= 4 is 33.3 Å². The van der Waals surface area contributed by atoms with Crippen LogP contribution in [0.1, 0.15) is 4.88 Å². The van der Waals surface area contributed by atoms with Gasteiger partial charge in [-0.2, -0.15) is 4.98 Å². The summed E-state index contributed by atoms with van der Waals surface area (Å²) in [5.74, 6) is 0. The van der Waals surface area contributed by atoms with E-state index in [4.69, 9.17) is 0 Å². The van der Waals surface area contributed by atoms with Crippen molar-refractivity contribution < 1.29 is 4.79 Å². The Labute approximate surface area is 109 Å². The van der Waals surface area contributed by atoms with E-state index in [-0.39, 0.29) is 0 Å². The molecule has 1 amide bonds. The molecule has 0 aliphatic heterocycles. The van der Waals surface area contributed by atoms with Crippen LogP contribution in [0.25, 0.3) is 0 Å². The monoisotopic (exact) mass is 313 g/mol. The number of halogens is 1. The fourth-order valence-electron chi connectivity index (χ4n) is 1.20. The van der Waals surface area contributed by atoms with Crippen LogP contribution in [0.4, 0.5) is 4.79 Å². The lowest BCUT2D eigenvalue weighted by molar-refractivity contribution is 0.241. The molecule has 2 aromatic heterocycles. The molecule has 0 aliphatic carbocycles. The van der Waals surface area contributed by atoms with E-state index < -0.39 is 11.7 Å². The number of amides is 1. The minimum Gasteiger partial charge on any atom is -0.332 e. The van der Waals surface area contributed by atoms with Gasteiger partial charge in [-0.05, 0) is 27.4 Å². The summed E-state index contributed by atoms with van der Waals surface area (Å²) in [5.41, 5.74) is -0.600. The lowest BCUT2D eigenvalue weighted by Gasteiger charge is -2.05. The molecule has 0 aromatic carbocycles. The Morgan fingerprint density at radius 3 is 3.12 bits per heavy atom. The summed E-state index contributed by atoms with van der Waals surface area (Å²) in [4.78, 5) is 27.6. The summed E-state index contributed by atoms with van der Waals surface area (Å²) >= 11 is 4.69. The lowest BCUT2D eigenvalue weighted by Crippen LogP contribution is -2.36. The standard InChI is InChI=1S/C10H8BrN3O2S/c11-7-4-12-9(15)14(6-7)10(16)13-5-8-2-1-3-17-8/h1-4,6H,5H2,(H,13,16). The molecule has 1 N–H and O–H groups in total. The SMILES string of the molecule is O=C(NCc1cccs1)n1cc(Br)cnc1=O. The molecule has 0 atom stereocenters. The summed E-state index contributed by atoms with van der Waals surface area (Å²) < 4.78 is 1.50. The number of carbonyl (C=O) groups excluding carboxylic acids is 1. The third kappa shape index (κ3) is 3.01. The fourth-order valence-corrected chi connectivity index (χ4v) is 2.15. The average Bonchev–Trinajstić information content (AvgIpc) is 2.82. The molecule has 0 spiro atoms. The van der Waals surface area contributed by atoms with E-state index >= 15 is 0 Å². The molecule has 0 saturated heterocycles. The van der Waals surface area contributed by atoms with Crippen LogP contribution in [0.15, 0.2) is 39.2 Å². The normalized spacial score (nSPS) is 10.2. The van der Waals surface area contributed by atoms with Crippen molar-refractivity contribution in [3.05, 3.63) is 49.7 Å². The third-order valence-electron chi connectivity index (χ3n) is 1.97. The Morgan fingerprint density at radius 2 is 2.41 bits per heavy atom. The molecule has 2 aromatic rings. The van der Waals surface area contributed by atoms with E-state index in [1.807, 2.05) is 17.5 Å². The van der Waals surface area contributed by atoms with Crippen LogP contribution in [-0.2, 0) is 6.54 Å². The molecule has 7 heteroatoms. The molecule has 88 valence electrons. The fraction of sp³-hybridized carbons (Fsp3) is 0.100. The summed E-state index contributed by atoms with van der Waals surface area (Å²) in [7, 11) is 0. The Bertz CT molecular complexity index is 579. The first-order valence-corrected chi connectivity index (χ1v) is 6.39. The largest absolute Gasteiger partial charge is 0.355 e. The second-order valence-corrected chi connectivity index (χ2v) is 5.11. The van der Waals surface area contributed by atoms with Gasteiger partial charge in [0.05, 0.1) is 11.0 Å². The topological polar surface area (TPSA) is 64.0 Å². The highest BCUT2D eigenvalue weighted by atomic mass is 79.9. The molecule has 0 saturated carbocycles. The maximum atomic E-state index is 11.7. The average molecular weight is 314 g/mol. The second kappa shape index (κ2) is 5.24. The van der Waals surface area contributed by atoms with Crippen LogP contribution in [0, 0.1) is 0 Å². The van der Waals surface area contributed by atoms with E-state index in [2.05, 4.69) is 26.2 Å². The van der Waals surface area contributed by atoms with E-state index in [0.717, 1.165) is 9.44 Å². The molecule has 2 rings (SSSR count). The van der Waals surface area contributed by atoms with E-state index in [9.17, 15) is 9.59 Å². The van der Waals surface area contributed by atoms with Gasteiger partial charge in [0.15, 0.2) is 0 Å². The second-order valence-electron chi connectivity index (χ2n) is 3.16.